The molecule has 2 atom stereocenters. The molecule has 0 aromatic carbocycles. The molecule has 0 bridgehead atoms. The van der Waals surface area contributed by atoms with Gasteiger partial charge in [-0.25, -0.2) is 4.98 Å². The molecule has 16 heavy (non-hydrogen) atoms. The number of hydrogen-bond acceptors (Lipinski definition) is 3. The van der Waals surface area contributed by atoms with E-state index in [1.807, 2.05) is 6.20 Å². The molecule has 0 radical (unpaired) electrons. The van der Waals surface area contributed by atoms with Gasteiger partial charge >= 0.3 is 0 Å². The fraction of sp³-hybridized carbons (Fsp3) is 0.583. The SMILES string of the molecule is Cc1cc(N2CCC(C)C2CO)ncc1Br. The number of hydrogen-bond donors (Lipinski definition) is 1. The zero-order valence-electron chi connectivity index (χ0n) is 9.65. The lowest BCUT2D eigenvalue weighted by Gasteiger charge is -2.26. The van der Waals surface area contributed by atoms with Crippen LogP contribution in [0.5, 0.6) is 0 Å². The second kappa shape index (κ2) is 4.72. The van der Waals surface area contributed by atoms with Crippen LogP contribution in [0.15, 0.2) is 16.7 Å². The lowest BCUT2D eigenvalue weighted by Crippen LogP contribution is -2.35. The van der Waals surface area contributed by atoms with Gasteiger partial charge < -0.3 is 10.0 Å². The first-order valence-corrected chi connectivity index (χ1v) is 6.42. The highest BCUT2D eigenvalue weighted by Crippen LogP contribution is 2.29. The van der Waals surface area contributed by atoms with Crippen LogP contribution in [-0.2, 0) is 0 Å². The summed E-state index contributed by atoms with van der Waals surface area (Å²) in [6.07, 6.45) is 2.96. The zero-order chi connectivity index (χ0) is 11.7. The van der Waals surface area contributed by atoms with E-state index in [1.54, 1.807) is 0 Å². The normalized spacial score (nSPS) is 25.1. The predicted molar refractivity (Wildman–Crippen MR) is 68.7 cm³/mol. The van der Waals surface area contributed by atoms with Gasteiger partial charge in [0.05, 0.1) is 12.6 Å². The van der Waals surface area contributed by atoms with E-state index >= 15 is 0 Å². The van der Waals surface area contributed by atoms with Gasteiger partial charge in [0.15, 0.2) is 0 Å². The average molecular weight is 285 g/mol. The molecule has 1 aliphatic rings. The van der Waals surface area contributed by atoms with Crippen LogP contribution in [0.1, 0.15) is 18.9 Å². The van der Waals surface area contributed by atoms with Crippen LogP contribution in [-0.4, -0.2) is 29.3 Å². The van der Waals surface area contributed by atoms with Crippen LogP contribution in [0.4, 0.5) is 5.82 Å². The number of aryl methyl sites for hydroxylation is 1. The summed E-state index contributed by atoms with van der Waals surface area (Å²) in [5.41, 5.74) is 1.18. The maximum Gasteiger partial charge on any atom is 0.129 e. The van der Waals surface area contributed by atoms with E-state index in [0.717, 1.165) is 23.3 Å². The standard InChI is InChI=1S/C12H17BrN2O/c1-8-3-4-15(11(8)7-16)12-5-9(2)10(13)6-14-12/h5-6,8,11,16H,3-4,7H2,1-2H3. The van der Waals surface area contributed by atoms with Gasteiger partial charge in [0, 0.05) is 17.2 Å². The van der Waals surface area contributed by atoms with Gasteiger partial charge in [0.1, 0.15) is 5.82 Å². The highest BCUT2D eigenvalue weighted by atomic mass is 79.9. The molecule has 3 nitrogen and oxygen atoms in total. The average Bonchev–Trinajstić information content (AvgIpc) is 2.63. The van der Waals surface area contributed by atoms with Crippen LogP contribution < -0.4 is 4.90 Å². The number of anilines is 1. The summed E-state index contributed by atoms with van der Waals surface area (Å²) in [7, 11) is 0. The summed E-state index contributed by atoms with van der Waals surface area (Å²) in [6, 6.07) is 2.29. The Balaban J connectivity index is 2.27. The third kappa shape index (κ3) is 2.09. The maximum atomic E-state index is 9.41. The highest BCUT2D eigenvalue weighted by Gasteiger charge is 2.31. The van der Waals surface area contributed by atoms with E-state index < -0.39 is 0 Å². The molecular weight excluding hydrogens is 268 g/mol. The first-order chi connectivity index (χ1) is 7.63. The minimum atomic E-state index is 0.206. The monoisotopic (exact) mass is 284 g/mol. The predicted octanol–water partition coefficient (Wildman–Crippen LogP) is 2.36. The molecule has 4 heteroatoms. The Morgan fingerprint density at radius 2 is 2.38 bits per heavy atom. The molecule has 0 saturated carbocycles. The molecule has 1 aromatic rings. The molecule has 1 aromatic heterocycles. The van der Waals surface area contributed by atoms with Crippen molar-refractivity contribution in [3.8, 4) is 0 Å². The van der Waals surface area contributed by atoms with E-state index in [4.69, 9.17) is 0 Å². The summed E-state index contributed by atoms with van der Waals surface area (Å²) >= 11 is 3.45. The topological polar surface area (TPSA) is 36.4 Å². The Kier molecular flexibility index (Phi) is 3.50. The van der Waals surface area contributed by atoms with Gasteiger partial charge in [0.2, 0.25) is 0 Å². The molecule has 1 saturated heterocycles. The van der Waals surface area contributed by atoms with Gasteiger partial charge in [-0.1, -0.05) is 6.92 Å². The first kappa shape index (κ1) is 11.9. The maximum absolute atomic E-state index is 9.41. The Bertz CT molecular complexity index is 383. The van der Waals surface area contributed by atoms with Crippen LogP contribution in [0.2, 0.25) is 0 Å². The Morgan fingerprint density at radius 1 is 1.62 bits per heavy atom. The van der Waals surface area contributed by atoms with Gasteiger partial charge in [0.25, 0.3) is 0 Å². The zero-order valence-corrected chi connectivity index (χ0v) is 11.2. The fourth-order valence-electron chi connectivity index (χ4n) is 2.25. The van der Waals surface area contributed by atoms with Crippen molar-refractivity contribution in [3.05, 3.63) is 22.3 Å². The van der Waals surface area contributed by atoms with E-state index in [9.17, 15) is 5.11 Å². The molecule has 1 aliphatic heterocycles. The molecule has 2 unspecified atom stereocenters. The van der Waals surface area contributed by atoms with E-state index in [1.165, 1.54) is 5.56 Å². The highest BCUT2D eigenvalue weighted by molar-refractivity contribution is 9.10. The first-order valence-electron chi connectivity index (χ1n) is 5.63. The second-order valence-corrected chi connectivity index (χ2v) is 5.36. The van der Waals surface area contributed by atoms with Crippen molar-refractivity contribution in [2.75, 3.05) is 18.1 Å². The largest absolute Gasteiger partial charge is 0.394 e. The smallest absolute Gasteiger partial charge is 0.129 e. The van der Waals surface area contributed by atoms with Gasteiger partial charge in [-0.2, -0.15) is 0 Å². The number of aliphatic hydroxyl groups is 1. The molecule has 1 N–H and O–H groups in total. The number of rotatable bonds is 2. The molecular formula is C12H17BrN2O. The number of aromatic nitrogens is 1. The van der Waals surface area contributed by atoms with Crippen molar-refractivity contribution in [2.24, 2.45) is 5.92 Å². The molecule has 0 aliphatic carbocycles. The number of pyridine rings is 1. The lowest BCUT2D eigenvalue weighted by atomic mass is 10.0. The van der Waals surface area contributed by atoms with E-state index in [-0.39, 0.29) is 12.6 Å². The third-order valence-corrected chi connectivity index (χ3v) is 4.23. The van der Waals surface area contributed by atoms with Crippen LogP contribution in [0.3, 0.4) is 0 Å². The van der Waals surface area contributed by atoms with Crippen LogP contribution in [0, 0.1) is 12.8 Å². The third-order valence-electron chi connectivity index (χ3n) is 3.40. The van der Waals surface area contributed by atoms with Crippen molar-refractivity contribution < 1.29 is 5.11 Å². The Labute approximate surface area is 105 Å². The molecule has 88 valence electrons. The van der Waals surface area contributed by atoms with Crippen molar-refractivity contribution in [1.82, 2.24) is 4.98 Å². The second-order valence-electron chi connectivity index (χ2n) is 4.50. The van der Waals surface area contributed by atoms with Crippen molar-refractivity contribution >= 4 is 21.7 Å². The molecule has 2 heterocycles. The Hall–Kier alpha value is -0.610. The summed E-state index contributed by atoms with van der Waals surface area (Å²) in [6.45, 7) is 5.44. The summed E-state index contributed by atoms with van der Waals surface area (Å²) in [5.74, 6) is 1.51. The Morgan fingerprint density at radius 3 is 3.00 bits per heavy atom. The van der Waals surface area contributed by atoms with Crippen molar-refractivity contribution in [1.29, 1.82) is 0 Å². The summed E-state index contributed by atoms with van der Waals surface area (Å²) < 4.78 is 1.03. The van der Waals surface area contributed by atoms with Crippen LogP contribution >= 0.6 is 15.9 Å². The minimum Gasteiger partial charge on any atom is -0.394 e. The number of nitrogens with zero attached hydrogens (tertiary/aromatic N) is 2. The van der Waals surface area contributed by atoms with Crippen LogP contribution in [0.25, 0.3) is 0 Å². The van der Waals surface area contributed by atoms with Crippen molar-refractivity contribution in [2.45, 2.75) is 26.3 Å². The minimum absolute atomic E-state index is 0.206. The molecule has 0 spiro atoms. The van der Waals surface area contributed by atoms with Gasteiger partial charge in [-0.15, -0.1) is 0 Å². The molecule has 0 amide bonds. The molecule has 2 rings (SSSR count). The lowest BCUT2D eigenvalue weighted by molar-refractivity contribution is 0.244. The van der Waals surface area contributed by atoms with E-state index in [2.05, 4.69) is 45.7 Å². The van der Waals surface area contributed by atoms with Crippen molar-refractivity contribution in [3.63, 3.8) is 0 Å². The number of halogens is 1. The van der Waals surface area contributed by atoms with E-state index in [0.29, 0.717) is 5.92 Å². The van der Waals surface area contributed by atoms with Gasteiger partial charge in [-0.05, 0) is 46.8 Å². The molecule has 1 fully saturated rings. The summed E-state index contributed by atoms with van der Waals surface area (Å²) in [5, 5.41) is 9.41. The fourth-order valence-corrected chi connectivity index (χ4v) is 2.47. The number of aliphatic hydroxyl groups excluding tert-OH is 1. The quantitative estimate of drug-likeness (QED) is 0.906. The van der Waals surface area contributed by atoms with Gasteiger partial charge in [-0.3, -0.25) is 0 Å². The summed E-state index contributed by atoms with van der Waals surface area (Å²) in [4.78, 5) is 6.63.